The fourth-order valence-electron chi connectivity index (χ4n) is 1.78. The number of fused-ring (bicyclic) bond motifs is 3. The molecule has 0 atom stereocenters. The highest BCUT2D eigenvalue weighted by Gasteiger charge is 2.03. The predicted octanol–water partition coefficient (Wildman–Crippen LogP) is 4.36. The smallest absolute Gasteiger partial charge is 0.319 e. The van der Waals surface area contributed by atoms with Gasteiger partial charge in [0.25, 0.3) is 0 Å². The lowest BCUT2D eigenvalue weighted by Gasteiger charge is -1.91. The van der Waals surface area contributed by atoms with Gasteiger partial charge in [-0.3, -0.25) is 4.79 Å². The molecule has 0 aliphatic rings. The highest BCUT2D eigenvalue weighted by atomic mass is 79.9. The van der Waals surface area contributed by atoms with Crippen LogP contribution in [-0.2, 0) is 9.53 Å². The summed E-state index contributed by atoms with van der Waals surface area (Å²) in [5.74, 6) is -0.380. The van der Waals surface area contributed by atoms with E-state index in [-0.39, 0.29) is 24.9 Å². The topological polar surface area (TPSA) is 52.3 Å². The Labute approximate surface area is 141 Å². The molecule has 2 aromatic carbocycles. The van der Waals surface area contributed by atoms with Crippen molar-refractivity contribution in [1.29, 1.82) is 0 Å². The molecular formula is C15H15BrClNO2S. The van der Waals surface area contributed by atoms with Crippen molar-refractivity contribution < 1.29 is 9.53 Å². The molecule has 2 N–H and O–H groups in total. The van der Waals surface area contributed by atoms with Crippen LogP contribution in [0.5, 0.6) is 0 Å². The number of hydrogen-bond donors (Lipinski definition) is 1. The van der Waals surface area contributed by atoms with E-state index in [1.807, 2.05) is 11.3 Å². The molecule has 1 aromatic heterocycles. The van der Waals surface area contributed by atoms with E-state index in [4.69, 9.17) is 5.73 Å². The fourth-order valence-corrected chi connectivity index (χ4v) is 3.23. The average molecular weight is 389 g/mol. The van der Waals surface area contributed by atoms with Crippen LogP contribution in [-0.4, -0.2) is 19.6 Å². The van der Waals surface area contributed by atoms with Crippen LogP contribution < -0.4 is 5.73 Å². The normalized spacial score (nSPS) is 9.67. The number of rotatable bonds is 1. The van der Waals surface area contributed by atoms with E-state index in [0.717, 1.165) is 4.47 Å². The second-order valence-electron chi connectivity index (χ2n) is 4.02. The van der Waals surface area contributed by atoms with E-state index in [9.17, 15) is 4.79 Å². The highest BCUT2D eigenvalue weighted by Crippen LogP contribution is 2.34. The molecule has 0 amide bonds. The van der Waals surface area contributed by atoms with Crippen molar-refractivity contribution in [2.75, 3.05) is 13.7 Å². The van der Waals surface area contributed by atoms with Gasteiger partial charge in [0.2, 0.25) is 0 Å². The first-order valence-electron chi connectivity index (χ1n) is 5.99. The highest BCUT2D eigenvalue weighted by molar-refractivity contribution is 9.10. The number of nitrogens with two attached hydrogens (primary N) is 1. The summed E-state index contributed by atoms with van der Waals surface area (Å²) in [6.07, 6.45) is 0. The van der Waals surface area contributed by atoms with Gasteiger partial charge in [-0.05, 0) is 24.3 Å². The Morgan fingerprint density at radius 1 is 1.19 bits per heavy atom. The number of carbonyl (C=O) groups excluding carboxylic acids is 1. The zero-order chi connectivity index (χ0) is 14.5. The largest absolute Gasteiger partial charge is 0.468 e. The second-order valence-corrected chi connectivity index (χ2v) is 6.02. The molecule has 0 aliphatic heterocycles. The maximum absolute atomic E-state index is 9.83. The predicted molar refractivity (Wildman–Crippen MR) is 95.3 cm³/mol. The van der Waals surface area contributed by atoms with Crippen molar-refractivity contribution >= 4 is 65.8 Å². The maximum atomic E-state index is 9.83. The molecule has 0 saturated heterocycles. The van der Waals surface area contributed by atoms with E-state index in [2.05, 4.69) is 63.1 Å². The standard InChI is InChI=1S/C12H7BrS.C3H7NO2.ClH/c13-8-5-6-12-10(7-8)9-3-1-2-4-11(9)14-12;1-6-3(5)2-4;/h1-7H;2,4H2,1H3;1H. The SMILES string of the molecule is Brc1ccc2sc3ccccc3c2c1.COC(=O)CN.Cl. The lowest BCUT2D eigenvalue weighted by molar-refractivity contribution is -0.138. The Morgan fingerprint density at radius 2 is 1.86 bits per heavy atom. The first-order valence-corrected chi connectivity index (χ1v) is 7.60. The van der Waals surface area contributed by atoms with Crippen LogP contribution >= 0.6 is 39.7 Å². The third-order valence-corrected chi connectivity index (χ3v) is 4.38. The summed E-state index contributed by atoms with van der Waals surface area (Å²) in [6.45, 7) is -0.0312. The number of methoxy groups -OCH3 is 1. The Bertz CT molecular complexity index is 739. The molecule has 0 saturated carbocycles. The van der Waals surface area contributed by atoms with Gasteiger partial charge in [0.05, 0.1) is 13.7 Å². The molecule has 0 spiro atoms. The number of ether oxygens (including phenoxy) is 1. The molecule has 0 unspecified atom stereocenters. The third-order valence-electron chi connectivity index (χ3n) is 2.73. The molecule has 0 bridgehead atoms. The summed E-state index contributed by atoms with van der Waals surface area (Å²) in [4.78, 5) is 9.83. The second kappa shape index (κ2) is 8.34. The van der Waals surface area contributed by atoms with Crippen LogP contribution in [0.3, 0.4) is 0 Å². The van der Waals surface area contributed by atoms with E-state index < -0.39 is 0 Å². The Balaban J connectivity index is 0.000000275. The molecule has 3 rings (SSSR count). The molecule has 3 nitrogen and oxygen atoms in total. The van der Waals surface area contributed by atoms with Crippen LogP contribution in [0.4, 0.5) is 0 Å². The fraction of sp³-hybridized carbons (Fsp3) is 0.133. The first kappa shape index (κ1) is 17.9. The maximum Gasteiger partial charge on any atom is 0.319 e. The molecule has 1 heterocycles. The third kappa shape index (κ3) is 4.41. The van der Waals surface area contributed by atoms with Crippen LogP contribution in [0, 0.1) is 0 Å². The van der Waals surface area contributed by atoms with Crippen LogP contribution in [0.25, 0.3) is 20.2 Å². The summed E-state index contributed by atoms with van der Waals surface area (Å²) >= 11 is 5.36. The van der Waals surface area contributed by atoms with Crippen molar-refractivity contribution in [3.8, 4) is 0 Å². The van der Waals surface area contributed by atoms with Crippen molar-refractivity contribution in [2.45, 2.75) is 0 Å². The molecule has 112 valence electrons. The molecule has 0 radical (unpaired) electrons. The van der Waals surface area contributed by atoms with Crippen LogP contribution in [0.15, 0.2) is 46.9 Å². The van der Waals surface area contributed by atoms with Gasteiger partial charge < -0.3 is 10.5 Å². The zero-order valence-corrected chi connectivity index (χ0v) is 14.6. The van der Waals surface area contributed by atoms with Crippen molar-refractivity contribution in [3.63, 3.8) is 0 Å². The van der Waals surface area contributed by atoms with Crippen molar-refractivity contribution in [2.24, 2.45) is 5.73 Å². The van der Waals surface area contributed by atoms with Crippen LogP contribution in [0.1, 0.15) is 0 Å². The number of halogens is 2. The molecule has 3 aromatic rings. The lowest BCUT2D eigenvalue weighted by atomic mass is 10.2. The lowest BCUT2D eigenvalue weighted by Crippen LogP contribution is -2.14. The van der Waals surface area contributed by atoms with Gasteiger partial charge in [-0.2, -0.15) is 0 Å². The number of hydrogen-bond acceptors (Lipinski definition) is 4. The summed E-state index contributed by atoms with van der Waals surface area (Å²) < 4.78 is 8.00. The zero-order valence-electron chi connectivity index (χ0n) is 11.3. The minimum Gasteiger partial charge on any atom is -0.468 e. The Kier molecular flexibility index (Phi) is 7.11. The molecule has 0 fully saturated rings. The minimum absolute atomic E-state index is 0. The Hall–Kier alpha value is -1.14. The van der Waals surface area contributed by atoms with Gasteiger partial charge in [0.1, 0.15) is 0 Å². The van der Waals surface area contributed by atoms with E-state index >= 15 is 0 Å². The van der Waals surface area contributed by atoms with Crippen LogP contribution in [0.2, 0.25) is 0 Å². The van der Waals surface area contributed by atoms with Gasteiger partial charge in [-0.25, -0.2) is 0 Å². The summed E-state index contributed by atoms with van der Waals surface area (Å²) in [5, 5.41) is 2.70. The van der Waals surface area contributed by atoms with E-state index in [0.29, 0.717) is 0 Å². The van der Waals surface area contributed by atoms with Gasteiger partial charge >= 0.3 is 5.97 Å². The van der Waals surface area contributed by atoms with E-state index in [1.54, 1.807) is 0 Å². The summed E-state index contributed by atoms with van der Waals surface area (Å²) in [5.41, 5.74) is 4.81. The minimum atomic E-state index is -0.380. The average Bonchev–Trinajstić information content (AvgIpc) is 2.85. The quantitative estimate of drug-likeness (QED) is 0.630. The number of esters is 1. The first-order chi connectivity index (χ1) is 9.65. The Morgan fingerprint density at radius 3 is 2.48 bits per heavy atom. The molecule has 21 heavy (non-hydrogen) atoms. The number of benzene rings is 2. The summed E-state index contributed by atoms with van der Waals surface area (Å²) in [6, 6.07) is 15.0. The van der Waals surface area contributed by atoms with E-state index in [1.165, 1.54) is 27.3 Å². The molecule has 6 heteroatoms. The van der Waals surface area contributed by atoms with Crippen molar-refractivity contribution in [1.82, 2.24) is 0 Å². The van der Waals surface area contributed by atoms with Gasteiger partial charge in [0.15, 0.2) is 0 Å². The number of carbonyl (C=O) groups is 1. The monoisotopic (exact) mass is 387 g/mol. The molecular weight excluding hydrogens is 374 g/mol. The van der Waals surface area contributed by atoms with Gasteiger partial charge in [-0.15, -0.1) is 23.7 Å². The van der Waals surface area contributed by atoms with Crippen molar-refractivity contribution in [3.05, 3.63) is 46.9 Å². The van der Waals surface area contributed by atoms with Gasteiger partial charge in [-0.1, -0.05) is 34.1 Å². The summed E-state index contributed by atoms with van der Waals surface area (Å²) in [7, 11) is 1.30. The van der Waals surface area contributed by atoms with Gasteiger partial charge in [0, 0.05) is 24.6 Å². The number of thiophene rings is 1. The molecule has 0 aliphatic carbocycles.